The lowest BCUT2D eigenvalue weighted by molar-refractivity contribution is 0.101. The van der Waals surface area contributed by atoms with Gasteiger partial charge in [-0.2, -0.15) is 11.8 Å². The Kier molecular flexibility index (Phi) is 3.49. The summed E-state index contributed by atoms with van der Waals surface area (Å²) in [5, 5.41) is 0. The van der Waals surface area contributed by atoms with Gasteiger partial charge in [-0.05, 0) is 19.1 Å². The summed E-state index contributed by atoms with van der Waals surface area (Å²) < 4.78 is 0. The number of ketones is 1. The highest BCUT2D eigenvalue weighted by Crippen LogP contribution is 2.23. The minimum atomic E-state index is 0.0220. The van der Waals surface area contributed by atoms with Gasteiger partial charge in [-0.15, -0.1) is 0 Å². The number of nitrogens with zero attached hydrogens (tertiary/aromatic N) is 2. The van der Waals surface area contributed by atoms with Gasteiger partial charge in [-0.25, -0.2) is 0 Å². The van der Waals surface area contributed by atoms with Gasteiger partial charge in [-0.1, -0.05) is 0 Å². The van der Waals surface area contributed by atoms with Gasteiger partial charge in [0.15, 0.2) is 5.78 Å². The largest absolute Gasteiger partial charge is 0.366 e. The summed E-state index contributed by atoms with van der Waals surface area (Å²) in [5.74, 6) is 2.35. The molecule has 0 amide bonds. The van der Waals surface area contributed by atoms with Crippen molar-refractivity contribution in [1.29, 1.82) is 0 Å². The van der Waals surface area contributed by atoms with E-state index in [9.17, 15) is 4.79 Å². The molecule has 86 valence electrons. The lowest BCUT2D eigenvalue weighted by atomic mass is 10.2. The summed E-state index contributed by atoms with van der Waals surface area (Å²) in [5.41, 5.74) is 1.67. The van der Waals surface area contributed by atoms with Crippen LogP contribution in [0.5, 0.6) is 0 Å². The standard InChI is InChI=1S/C12H16N2OS/c1-9-8-16-6-5-14(9)11-3-4-12(10(2)15)13-7-11/h3-4,7,9H,5-6,8H2,1-2H3. The van der Waals surface area contributed by atoms with E-state index in [0.29, 0.717) is 11.7 Å². The van der Waals surface area contributed by atoms with Crippen molar-refractivity contribution in [3.63, 3.8) is 0 Å². The van der Waals surface area contributed by atoms with Crippen LogP contribution in [0.2, 0.25) is 0 Å². The fraction of sp³-hybridized carbons (Fsp3) is 0.500. The molecule has 1 fully saturated rings. The topological polar surface area (TPSA) is 33.2 Å². The van der Waals surface area contributed by atoms with Gasteiger partial charge in [0.05, 0.1) is 11.9 Å². The van der Waals surface area contributed by atoms with Gasteiger partial charge >= 0.3 is 0 Å². The summed E-state index contributed by atoms with van der Waals surface area (Å²) in [6, 6.07) is 4.35. The van der Waals surface area contributed by atoms with Crippen molar-refractivity contribution in [2.24, 2.45) is 0 Å². The van der Waals surface area contributed by atoms with Crippen LogP contribution in [0, 0.1) is 0 Å². The Morgan fingerprint density at radius 3 is 2.94 bits per heavy atom. The highest BCUT2D eigenvalue weighted by molar-refractivity contribution is 7.99. The number of carbonyl (C=O) groups is 1. The Morgan fingerprint density at radius 1 is 1.56 bits per heavy atom. The highest BCUT2D eigenvalue weighted by Gasteiger charge is 2.19. The molecule has 1 aromatic rings. The second-order valence-electron chi connectivity index (χ2n) is 4.08. The third-order valence-corrected chi connectivity index (χ3v) is 4.00. The molecule has 1 saturated heterocycles. The molecule has 1 atom stereocenters. The predicted octanol–water partition coefficient (Wildman–Crippen LogP) is 2.23. The lowest BCUT2D eigenvalue weighted by Gasteiger charge is -2.34. The first-order chi connectivity index (χ1) is 7.68. The third kappa shape index (κ3) is 2.38. The van der Waals surface area contributed by atoms with E-state index in [1.807, 2.05) is 30.1 Å². The van der Waals surface area contributed by atoms with Crippen molar-refractivity contribution in [1.82, 2.24) is 4.98 Å². The maximum absolute atomic E-state index is 11.1. The zero-order valence-corrected chi connectivity index (χ0v) is 10.5. The average Bonchev–Trinajstić information content (AvgIpc) is 2.30. The normalized spacial score (nSPS) is 20.9. The van der Waals surface area contributed by atoms with Gasteiger partial charge < -0.3 is 4.90 Å². The maximum Gasteiger partial charge on any atom is 0.178 e. The number of anilines is 1. The van der Waals surface area contributed by atoms with Gasteiger partial charge in [0.1, 0.15) is 5.69 Å². The fourth-order valence-corrected chi connectivity index (χ4v) is 2.89. The molecule has 3 nitrogen and oxygen atoms in total. The molecule has 2 heterocycles. The average molecular weight is 236 g/mol. The van der Waals surface area contributed by atoms with E-state index >= 15 is 0 Å². The number of aromatic nitrogens is 1. The van der Waals surface area contributed by atoms with E-state index < -0.39 is 0 Å². The van der Waals surface area contributed by atoms with E-state index in [1.54, 1.807) is 6.92 Å². The number of hydrogen-bond acceptors (Lipinski definition) is 4. The van der Waals surface area contributed by atoms with Crippen LogP contribution in [-0.2, 0) is 0 Å². The van der Waals surface area contributed by atoms with E-state index in [-0.39, 0.29) is 5.78 Å². The van der Waals surface area contributed by atoms with Crippen molar-refractivity contribution < 1.29 is 4.79 Å². The number of thioether (sulfide) groups is 1. The van der Waals surface area contributed by atoms with Crippen LogP contribution >= 0.6 is 11.8 Å². The number of rotatable bonds is 2. The van der Waals surface area contributed by atoms with Crippen LogP contribution in [-0.4, -0.2) is 34.9 Å². The zero-order valence-electron chi connectivity index (χ0n) is 9.64. The summed E-state index contributed by atoms with van der Waals surface area (Å²) in [7, 11) is 0. The van der Waals surface area contributed by atoms with Crippen molar-refractivity contribution in [3.8, 4) is 0 Å². The first-order valence-corrected chi connectivity index (χ1v) is 6.65. The highest BCUT2D eigenvalue weighted by atomic mass is 32.2. The Bertz CT molecular complexity index is 377. The van der Waals surface area contributed by atoms with Crippen LogP contribution in [0.1, 0.15) is 24.3 Å². The van der Waals surface area contributed by atoms with E-state index in [0.717, 1.165) is 18.0 Å². The summed E-state index contributed by atoms with van der Waals surface area (Å²) in [4.78, 5) is 17.7. The molecule has 0 aliphatic carbocycles. The molecule has 2 rings (SSSR count). The Balaban J connectivity index is 2.17. The molecule has 1 aromatic heterocycles. The van der Waals surface area contributed by atoms with Crippen LogP contribution in [0.15, 0.2) is 18.3 Å². The van der Waals surface area contributed by atoms with Crippen LogP contribution in [0.4, 0.5) is 5.69 Å². The fourth-order valence-electron chi connectivity index (χ4n) is 1.87. The molecule has 1 aliphatic rings. The molecule has 4 heteroatoms. The predicted molar refractivity (Wildman–Crippen MR) is 68.4 cm³/mol. The second-order valence-corrected chi connectivity index (χ2v) is 5.22. The van der Waals surface area contributed by atoms with E-state index in [1.165, 1.54) is 5.75 Å². The molecular formula is C12H16N2OS. The van der Waals surface area contributed by atoms with Gasteiger partial charge in [0, 0.05) is 31.0 Å². The molecule has 1 aliphatic heterocycles. The van der Waals surface area contributed by atoms with Crippen LogP contribution in [0.25, 0.3) is 0 Å². The first-order valence-electron chi connectivity index (χ1n) is 5.50. The van der Waals surface area contributed by atoms with E-state index in [4.69, 9.17) is 0 Å². The van der Waals surface area contributed by atoms with Gasteiger partial charge in [0.2, 0.25) is 0 Å². The number of Topliss-reactive ketones (excluding diaryl/α,β-unsaturated/α-hetero) is 1. The van der Waals surface area contributed by atoms with Crippen molar-refractivity contribution in [2.45, 2.75) is 19.9 Å². The van der Waals surface area contributed by atoms with E-state index in [2.05, 4.69) is 16.8 Å². The number of hydrogen-bond donors (Lipinski definition) is 0. The molecule has 0 bridgehead atoms. The molecule has 1 unspecified atom stereocenters. The van der Waals surface area contributed by atoms with Crippen LogP contribution in [0.3, 0.4) is 0 Å². The lowest BCUT2D eigenvalue weighted by Crippen LogP contribution is -2.40. The zero-order chi connectivity index (χ0) is 11.5. The van der Waals surface area contributed by atoms with Gasteiger partial charge in [0.25, 0.3) is 0 Å². The molecular weight excluding hydrogens is 220 g/mol. The molecule has 0 spiro atoms. The minimum Gasteiger partial charge on any atom is -0.366 e. The van der Waals surface area contributed by atoms with Crippen molar-refractivity contribution in [3.05, 3.63) is 24.0 Å². The van der Waals surface area contributed by atoms with Gasteiger partial charge in [-0.3, -0.25) is 9.78 Å². The minimum absolute atomic E-state index is 0.0220. The first kappa shape index (κ1) is 11.5. The Labute approximate surface area is 100 Å². The monoisotopic (exact) mass is 236 g/mol. The molecule has 0 saturated carbocycles. The van der Waals surface area contributed by atoms with Crippen molar-refractivity contribution in [2.75, 3.05) is 23.0 Å². The molecule has 0 aromatic carbocycles. The van der Waals surface area contributed by atoms with Crippen LogP contribution < -0.4 is 4.90 Å². The third-order valence-electron chi connectivity index (χ3n) is 2.81. The summed E-state index contributed by atoms with van der Waals surface area (Å²) in [6.45, 7) is 4.83. The maximum atomic E-state index is 11.1. The number of carbonyl (C=O) groups excluding carboxylic acids is 1. The SMILES string of the molecule is CC(=O)c1ccc(N2CCSCC2C)cn1. The summed E-state index contributed by atoms with van der Waals surface area (Å²) in [6.07, 6.45) is 1.81. The Hall–Kier alpha value is -1.03. The Morgan fingerprint density at radius 2 is 2.38 bits per heavy atom. The molecule has 16 heavy (non-hydrogen) atoms. The second kappa shape index (κ2) is 4.87. The van der Waals surface area contributed by atoms with Crippen molar-refractivity contribution >= 4 is 23.2 Å². The quantitative estimate of drug-likeness (QED) is 0.737. The smallest absolute Gasteiger partial charge is 0.178 e. The summed E-state index contributed by atoms with van der Waals surface area (Å²) >= 11 is 1.99. The molecule has 0 radical (unpaired) electrons. The number of pyridine rings is 1. The molecule has 0 N–H and O–H groups in total.